The quantitative estimate of drug-likeness (QED) is 0.508. The first kappa shape index (κ1) is 18.6. The molecule has 0 spiro atoms. The Bertz CT molecular complexity index is 606. The van der Waals surface area contributed by atoms with Gasteiger partial charge in [-0.3, -0.25) is 4.79 Å². The molecule has 3 nitrogen and oxygen atoms in total. The van der Waals surface area contributed by atoms with Gasteiger partial charge in [0.1, 0.15) is 5.56 Å². The lowest BCUT2D eigenvalue weighted by Crippen LogP contribution is -2.47. The van der Waals surface area contributed by atoms with Crippen molar-refractivity contribution < 1.29 is 31.5 Å². The van der Waals surface area contributed by atoms with Crippen molar-refractivity contribution in [3.8, 4) is 0 Å². The van der Waals surface area contributed by atoms with Crippen molar-refractivity contribution in [2.75, 3.05) is 0 Å². The minimum atomic E-state index is -2.29. The van der Waals surface area contributed by atoms with Crippen molar-refractivity contribution in [3.05, 3.63) is 34.6 Å². The molecule has 1 N–H and O–H groups in total. The highest BCUT2D eigenvalue weighted by atomic mass is 19.2. The van der Waals surface area contributed by atoms with Crippen LogP contribution in [0, 0.1) is 29.1 Å². The number of amides is 1. The second-order valence-electron chi connectivity index (χ2n) is 6.03. The Morgan fingerprint density at radius 1 is 0.958 bits per heavy atom. The highest BCUT2D eigenvalue weighted by Gasteiger charge is 2.33. The van der Waals surface area contributed by atoms with Gasteiger partial charge < -0.3 is 10.1 Å². The maximum Gasteiger partial charge on any atom is 0.257 e. The van der Waals surface area contributed by atoms with E-state index in [1.54, 1.807) is 13.8 Å². The molecule has 1 amide bonds. The first-order valence-corrected chi connectivity index (χ1v) is 7.71. The topological polar surface area (TPSA) is 38.3 Å². The van der Waals surface area contributed by atoms with Crippen LogP contribution in [0.4, 0.5) is 22.0 Å². The first-order chi connectivity index (χ1) is 11.2. The molecule has 0 bridgehead atoms. The molecule has 1 fully saturated rings. The van der Waals surface area contributed by atoms with Gasteiger partial charge in [0.25, 0.3) is 5.91 Å². The van der Waals surface area contributed by atoms with Crippen LogP contribution in [-0.4, -0.2) is 24.2 Å². The normalized spacial score (nSPS) is 21.2. The molecule has 2 rings (SSSR count). The minimum Gasteiger partial charge on any atom is -0.373 e. The Hall–Kier alpha value is -1.70. The van der Waals surface area contributed by atoms with Gasteiger partial charge in [0.2, 0.25) is 5.82 Å². The zero-order valence-electron chi connectivity index (χ0n) is 13.3. The van der Waals surface area contributed by atoms with Crippen LogP contribution in [0.3, 0.4) is 0 Å². The van der Waals surface area contributed by atoms with Gasteiger partial charge in [0.05, 0.1) is 18.2 Å². The monoisotopic (exact) mass is 351 g/mol. The molecule has 2 unspecified atom stereocenters. The Morgan fingerprint density at radius 3 is 2.00 bits per heavy atom. The zero-order chi connectivity index (χ0) is 18.0. The van der Waals surface area contributed by atoms with Gasteiger partial charge in [0, 0.05) is 0 Å². The molecule has 1 saturated carbocycles. The van der Waals surface area contributed by atoms with E-state index in [-0.39, 0.29) is 12.2 Å². The molecule has 0 aromatic heterocycles. The molecule has 1 aromatic rings. The Balaban J connectivity index is 2.26. The van der Waals surface area contributed by atoms with Crippen molar-refractivity contribution in [3.63, 3.8) is 0 Å². The predicted molar refractivity (Wildman–Crippen MR) is 76.0 cm³/mol. The Kier molecular flexibility index (Phi) is 5.79. The molecular formula is C16H18F5NO2. The van der Waals surface area contributed by atoms with Crippen LogP contribution in [0.15, 0.2) is 0 Å². The van der Waals surface area contributed by atoms with Gasteiger partial charge >= 0.3 is 0 Å². The van der Waals surface area contributed by atoms with Crippen molar-refractivity contribution >= 4 is 5.91 Å². The highest BCUT2D eigenvalue weighted by molar-refractivity contribution is 5.95. The number of hydrogen-bond donors (Lipinski definition) is 1. The van der Waals surface area contributed by atoms with E-state index in [2.05, 4.69) is 5.32 Å². The molecule has 0 aliphatic heterocycles. The SMILES string of the molecule is CC(C)OC1CCCCC1NC(=O)c1c(F)c(F)c(F)c(F)c1F. The van der Waals surface area contributed by atoms with Gasteiger partial charge in [-0.1, -0.05) is 12.8 Å². The van der Waals surface area contributed by atoms with Crippen LogP contribution in [0.25, 0.3) is 0 Å². The highest BCUT2D eigenvalue weighted by Crippen LogP contribution is 2.25. The van der Waals surface area contributed by atoms with Crippen LogP contribution in [0.5, 0.6) is 0 Å². The van der Waals surface area contributed by atoms with Crippen molar-refractivity contribution in [2.24, 2.45) is 0 Å². The fourth-order valence-electron chi connectivity index (χ4n) is 2.82. The molecule has 0 heterocycles. The number of hydrogen-bond acceptors (Lipinski definition) is 2. The molecule has 8 heteroatoms. The summed E-state index contributed by atoms with van der Waals surface area (Å²) in [6.07, 6.45) is 2.27. The smallest absolute Gasteiger partial charge is 0.257 e. The zero-order valence-corrected chi connectivity index (χ0v) is 13.3. The van der Waals surface area contributed by atoms with E-state index >= 15 is 0 Å². The standard InChI is InChI=1S/C16H18F5NO2/c1-7(2)24-9-6-4-3-5-8(9)22-16(23)10-11(17)13(19)15(21)14(20)12(10)18/h7-9H,3-6H2,1-2H3,(H,22,23). The summed E-state index contributed by atoms with van der Waals surface area (Å²) in [5.74, 6) is -12.2. The van der Waals surface area contributed by atoms with E-state index in [9.17, 15) is 26.7 Å². The molecule has 0 radical (unpaired) electrons. The van der Waals surface area contributed by atoms with E-state index < -0.39 is 46.6 Å². The van der Waals surface area contributed by atoms with Crippen LogP contribution < -0.4 is 5.32 Å². The van der Waals surface area contributed by atoms with Crippen molar-refractivity contribution in [2.45, 2.75) is 57.8 Å². The maximum absolute atomic E-state index is 13.7. The number of carbonyl (C=O) groups excluding carboxylic acids is 1. The second-order valence-corrected chi connectivity index (χ2v) is 6.03. The number of nitrogens with one attached hydrogen (secondary N) is 1. The van der Waals surface area contributed by atoms with Crippen LogP contribution >= 0.6 is 0 Å². The van der Waals surface area contributed by atoms with Crippen LogP contribution in [0.1, 0.15) is 49.9 Å². The van der Waals surface area contributed by atoms with Crippen LogP contribution in [0.2, 0.25) is 0 Å². The van der Waals surface area contributed by atoms with E-state index in [1.165, 1.54) is 0 Å². The summed E-state index contributed by atoms with van der Waals surface area (Å²) in [4.78, 5) is 12.1. The fraction of sp³-hybridized carbons (Fsp3) is 0.562. The molecule has 1 aliphatic carbocycles. The summed E-state index contributed by atoms with van der Waals surface area (Å²) < 4.78 is 72.6. The van der Waals surface area contributed by atoms with Gasteiger partial charge in [0.15, 0.2) is 23.3 Å². The number of rotatable bonds is 4. The van der Waals surface area contributed by atoms with E-state index in [0.717, 1.165) is 12.8 Å². The molecule has 2 atom stereocenters. The largest absolute Gasteiger partial charge is 0.373 e. The number of benzene rings is 1. The van der Waals surface area contributed by atoms with Gasteiger partial charge in [-0.05, 0) is 26.7 Å². The maximum atomic E-state index is 13.7. The molecular weight excluding hydrogens is 333 g/mol. The van der Waals surface area contributed by atoms with E-state index in [1.807, 2.05) is 0 Å². The third-order valence-electron chi connectivity index (χ3n) is 3.90. The third-order valence-corrected chi connectivity index (χ3v) is 3.90. The summed E-state index contributed by atoms with van der Waals surface area (Å²) in [6, 6.07) is -0.552. The fourth-order valence-corrected chi connectivity index (χ4v) is 2.82. The van der Waals surface area contributed by atoms with Crippen molar-refractivity contribution in [1.82, 2.24) is 5.32 Å². The number of halogens is 5. The lowest BCUT2D eigenvalue weighted by Gasteiger charge is -2.33. The van der Waals surface area contributed by atoms with Gasteiger partial charge in [-0.25, -0.2) is 22.0 Å². The first-order valence-electron chi connectivity index (χ1n) is 7.71. The summed E-state index contributed by atoms with van der Waals surface area (Å²) in [5.41, 5.74) is -1.47. The molecule has 0 saturated heterocycles. The average molecular weight is 351 g/mol. The molecule has 134 valence electrons. The van der Waals surface area contributed by atoms with E-state index in [0.29, 0.717) is 12.8 Å². The average Bonchev–Trinajstić information content (AvgIpc) is 2.52. The third kappa shape index (κ3) is 3.68. The Morgan fingerprint density at radius 2 is 1.46 bits per heavy atom. The molecule has 1 aliphatic rings. The minimum absolute atomic E-state index is 0.123. The van der Waals surface area contributed by atoms with Gasteiger partial charge in [-0.2, -0.15) is 0 Å². The summed E-state index contributed by atoms with van der Waals surface area (Å²) in [5, 5.41) is 2.35. The lowest BCUT2D eigenvalue weighted by atomic mass is 9.92. The Labute approximate surface area is 136 Å². The van der Waals surface area contributed by atoms with Crippen molar-refractivity contribution in [1.29, 1.82) is 0 Å². The number of ether oxygens (including phenoxy) is 1. The molecule has 24 heavy (non-hydrogen) atoms. The second kappa shape index (κ2) is 7.46. The van der Waals surface area contributed by atoms with Gasteiger partial charge in [-0.15, -0.1) is 0 Å². The summed E-state index contributed by atoms with van der Waals surface area (Å²) >= 11 is 0. The van der Waals surface area contributed by atoms with E-state index in [4.69, 9.17) is 4.74 Å². The summed E-state index contributed by atoms with van der Waals surface area (Å²) in [7, 11) is 0. The predicted octanol–water partition coefficient (Wildman–Crippen LogP) is 3.85. The lowest BCUT2D eigenvalue weighted by molar-refractivity contribution is -0.0296. The van der Waals surface area contributed by atoms with Crippen LogP contribution in [-0.2, 0) is 4.74 Å². The summed E-state index contributed by atoms with van der Waals surface area (Å²) in [6.45, 7) is 3.61. The number of carbonyl (C=O) groups is 1. The molecule has 1 aromatic carbocycles.